The van der Waals surface area contributed by atoms with E-state index in [0.29, 0.717) is 0 Å². The van der Waals surface area contributed by atoms with Crippen molar-refractivity contribution < 1.29 is 65.0 Å². The van der Waals surface area contributed by atoms with Gasteiger partial charge < -0.3 is 33.6 Å². The topological polar surface area (TPSA) is 295 Å². The van der Waals surface area contributed by atoms with Crippen LogP contribution in [-0.4, -0.2) is 73.4 Å². The number of hydrogen-bond acceptors (Lipinski definition) is 15. The first-order valence-corrected chi connectivity index (χ1v) is 20.3. The zero-order chi connectivity index (χ0) is 39.2. The second-order valence-electron chi connectivity index (χ2n) is 9.47. The average molecular weight is 797 g/mol. The van der Waals surface area contributed by atoms with Gasteiger partial charge in [0.15, 0.2) is 0 Å². The minimum atomic E-state index is -5.76. The third kappa shape index (κ3) is 14.0. The molecule has 5 N–H and O–H groups in total. The Kier molecular flexibility index (Phi) is 19.2. The molecule has 51 heavy (non-hydrogen) atoms. The van der Waals surface area contributed by atoms with Crippen molar-refractivity contribution in [3.05, 3.63) is 54.1 Å². The van der Waals surface area contributed by atoms with Gasteiger partial charge in [0.2, 0.25) is 11.5 Å². The lowest BCUT2D eigenvalue weighted by Gasteiger charge is -2.20. The van der Waals surface area contributed by atoms with Gasteiger partial charge >= 0.3 is 34.8 Å². The summed E-state index contributed by atoms with van der Waals surface area (Å²) >= 11 is 0. The molecule has 2 aromatic rings. The Hall–Kier alpha value is -2.71. The first kappa shape index (κ1) is 46.3. The van der Waals surface area contributed by atoms with Crippen LogP contribution in [0.15, 0.2) is 31.6 Å². The fourth-order valence-corrected chi connectivity index (χ4v) is 7.92. The van der Waals surface area contributed by atoms with E-state index in [1.165, 1.54) is 14.2 Å². The highest BCUT2D eigenvalue weighted by atomic mass is 31.3. The van der Waals surface area contributed by atoms with Crippen LogP contribution in [0.3, 0.4) is 0 Å². The molecule has 25 heteroatoms. The van der Waals surface area contributed by atoms with Gasteiger partial charge in [0.1, 0.15) is 12.5 Å². The Balaban J connectivity index is 0.00000206. The van der Waals surface area contributed by atoms with Crippen LogP contribution < -0.4 is 32.0 Å². The number of nitrogens with zero attached hydrogens (tertiary/aromatic N) is 2. The summed E-state index contributed by atoms with van der Waals surface area (Å²) in [6, 6.07) is 0. The third-order valence-electron chi connectivity index (χ3n) is 6.36. The van der Waals surface area contributed by atoms with Crippen LogP contribution in [-0.2, 0) is 40.8 Å². The van der Waals surface area contributed by atoms with Crippen LogP contribution in [0.1, 0.15) is 79.7 Å². The Labute approximate surface area is 292 Å². The lowest BCUT2D eigenvalue weighted by Crippen LogP contribution is -2.33. The van der Waals surface area contributed by atoms with E-state index < -0.39 is 83.8 Å². The van der Waals surface area contributed by atoms with Gasteiger partial charge in [-0.15, -0.1) is 0 Å². The number of ether oxygens (including phenoxy) is 4. The second kappa shape index (κ2) is 21.1. The summed E-state index contributed by atoms with van der Waals surface area (Å²) in [4.78, 5) is 81.2. The molecule has 4 rings (SSSR count). The molecule has 2 fully saturated rings. The average Bonchev–Trinajstić information content (AvgIpc) is 3.75. The molecule has 0 amide bonds. The molecule has 0 saturated carbocycles. The van der Waals surface area contributed by atoms with Crippen molar-refractivity contribution in [1.29, 1.82) is 0 Å². The fourth-order valence-electron chi connectivity index (χ4n) is 4.36. The molecular formula is C26H47N4O18P3. The van der Waals surface area contributed by atoms with Gasteiger partial charge in [0.25, 0.3) is 11.1 Å². The van der Waals surface area contributed by atoms with Crippen LogP contribution in [0.25, 0.3) is 0 Å². The second-order valence-corrected chi connectivity index (χ2v) is 14.1. The maximum atomic E-state index is 12.3. The molecule has 2 aromatic heterocycles. The zero-order valence-electron chi connectivity index (χ0n) is 29.4. The van der Waals surface area contributed by atoms with Gasteiger partial charge in [-0.3, -0.25) is 37.7 Å². The van der Waals surface area contributed by atoms with Crippen molar-refractivity contribution in [3.8, 4) is 11.5 Å². The number of aromatic amines is 2. The van der Waals surface area contributed by atoms with Crippen LogP contribution >= 0.6 is 23.5 Å². The van der Waals surface area contributed by atoms with Gasteiger partial charge in [0, 0.05) is 0 Å². The molecule has 22 nitrogen and oxygen atoms in total. The van der Waals surface area contributed by atoms with Gasteiger partial charge in [-0.25, -0.2) is 23.3 Å². The lowest BCUT2D eigenvalue weighted by atomic mass is 10.2. The number of H-pyrrole nitrogens is 2. The highest BCUT2D eigenvalue weighted by Crippen LogP contribution is 2.67. The Morgan fingerprint density at radius 2 is 0.980 bits per heavy atom. The first-order valence-electron chi connectivity index (χ1n) is 15.8. The van der Waals surface area contributed by atoms with E-state index in [1.54, 1.807) is 0 Å². The normalized spacial score (nSPS) is 23.0. The fraction of sp³-hybridized carbons (Fsp3) is 0.692. The summed E-state index contributed by atoms with van der Waals surface area (Å²) in [7, 11) is -14.1. The van der Waals surface area contributed by atoms with E-state index >= 15 is 0 Å². The maximum Gasteiger partial charge on any atom is 0.490 e. The number of phosphoric acid groups is 3. The van der Waals surface area contributed by atoms with E-state index in [1.807, 2.05) is 51.5 Å². The zero-order valence-corrected chi connectivity index (χ0v) is 32.1. The van der Waals surface area contributed by atoms with Crippen molar-refractivity contribution in [1.82, 2.24) is 19.1 Å². The molecule has 0 spiro atoms. The number of aromatic nitrogens is 4. The highest BCUT2D eigenvalue weighted by molar-refractivity contribution is 7.66. The first-order chi connectivity index (χ1) is 24.0. The molecule has 2 aliphatic heterocycles. The molecule has 0 radical (unpaired) electrons. The summed E-state index contributed by atoms with van der Waals surface area (Å²) in [6.45, 7) is 10.6. The Bertz CT molecular complexity index is 1650. The molecule has 2 aliphatic rings. The number of methoxy groups -OCH3 is 2. The largest absolute Gasteiger partial charge is 0.490 e. The number of phosphoric ester groups is 2. The maximum absolute atomic E-state index is 12.3. The minimum Gasteiger partial charge on any atom is -0.490 e. The van der Waals surface area contributed by atoms with E-state index in [2.05, 4.69) is 17.7 Å². The van der Waals surface area contributed by atoms with Gasteiger partial charge in [0.05, 0.1) is 52.0 Å². The molecule has 2 saturated heterocycles. The van der Waals surface area contributed by atoms with Gasteiger partial charge in [-0.05, 0) is 25.7 Å². The predicted molar refractivity (Wildman–Crippen MR) is 180 cm³/mol. The van der Waals surface area contributed by atoms with Gasteiger partial charge in [-0.1, -0.05) is 41.5 Å². The molecule has 294 valence electrons. The standard InChI is InChI=1S/C20H29N4O18P3.3C2H6/c1-35-13-7-23(19(27)21-17(13)25)15-5-3-11(39-15)9-37-43(29,30)41-45(33,34)42-44(31,32)38-10-12-4-6-16(40-12)24-8-14(36-2)18(26)22-20(24)28;3*1-2/h7-8,11-12,15-16H,3-6,9-10H2,1-2H3,(H,29,30)(H,31,32)(H,33,34)(H,21,25,27)(H,22,26,28);3*1-2H3. The van der Waals surface area contributed by atoms with E-state index in [4.69, 9.17) is 18.9 Å². The monoisotopic (exact) mass is 796 g/mol. The molecule has 0 bridgehead atoms. The molecule has 0 aliphatic carbocycles. The van der Waals surface area contributed by atoms with Crippen molar-refractivity contribution in [2.45, 2.75) is 91.9 Å². The number of hydrogen-bond donors (Lipinski definition) is 5. The van der Waals surface area contributed by atoms with Crippen molar-refractivity contribution in [3.63, 3.8) is 0 Å². The summed E-state index contributed by atoms with van der Waals surface area (Å²) < 4.78 is 77.2. The van der Waals surface area contributed by atoms with Crippen LogP contribution in [0.4, 0.5) is 0 Å². The predicted octanol–water partition coefficient (Wildman–Crippen LogP) is 2.91. The number of rotatable bonds is 14. The van der Waals surface area contributed by atoms with Crippen LogP contribution in [0, 0.1) is 0 Å². The molecule has 6 unspecified atom stereocenters. The van der Waals surface area contributed by atoms with Crippen LogP contribution in [0.2, 0.25) is 0 Å². The SMILES string of the molecule is CC.CC.CC.COc1cn(C2CCC(COP(=O)(O)OP(=O)(O)OP(=O)(O)OCC3CCC(n4cc(OC)c(=O)[nH]c4=O)O3)O2)c(=O)[nH]c1=O. The summed E-state index contributed by atoms with van der Waals surface area (Å²) in [5, 5.41) is 0. The summed E-state index contributed by atoms with van der Waals surface area (Å²) in [5.74, 6) is -0.336. The molecule has 0 aromatic carbocycles. The highest BCUT2D eigenvalue weighted by Gasteiger charge is 2.43. The van der Waals surface area contributed by atoms with Crippen molar-refractivity contribution in [2.24, 2.45) is 0 Å². The molecular weight excluding hydrogens is 749 g/mol. The summed E-state index contributed by atoms with van der Waals surface area (Å²) in [5.41, 5.74) is -3.12. The number of nitrogens with one attached hydrogen (secondary N) is 2. The van der Waals surface area contributed by atoms with Crippen molar-refractivity contribution in [2.75, 3.05) is 27.4 Å². The van der Waals surface area contributed by atoms with Crippen LogP contribution in [0.5, 0.6) is 11.5 Å². The third-order valence-corrected chi connectivity index (χ3v) is 10.6. The molecule has 6 atom stereocenters. The minimum absolute atomic E-state index is 0.168. The van der Waals surface area contributed by atoms with Crippen molar-refractivity contribution >= 4 is 23.5 Å². The molecule has 4 heterocycles. The van der Waals surface area contributed by atoms with Gasteiger partial charge in [-0.2, -0.15) is 8.62 Å². The van der Waals surface area contributed by atoms with E-state index in [9.17, 15) is 47.6 Å². The summed E-state index contributed by atoms with van der Waals surface area (Å²) in [6.07, 6.45) is -0.670. The quantitative estimate of drug-likeness (QED) is 0.172. The smallest absolute Gasteiger partial charge is 0.490 e. The Morgan fingerprint density at radius 1 is 0.647 bits per heavy atom. The van der Waals surface area contributed by atoms with E-state index in [0.717, 1.165) is 21.5 Å². The van der Waals surface area contributed by atoms with E-state index in [-0.39, 0.29) is 37.2 Å². The lowest BCUT2D eigenvalue weighted by molar-refractivity contribution is -0.0257. The Morgan fingerprint density at radius 3 is 1.29 bits per heavy atom.